The maximum atomic E-state index is 12.8. The molecule has 2 N–H and O–H groups in total. The van der Waals surface area contributed by atoms with Crippen molar-refractivity contribution in [3.05, 3.63) is 41.6 Å². The fraction of sp³-hybridized carbons (Fsp3) is 0.500. The molecule has 1 aromatic heterocycles. The van der Waals surface area contributed by atoms with Gasteiger partial charge < -0.3 is 10.1 Å². The van der Waals surface area contributed by atoms with Crippen LogP contribution in [-0.2, 0) is 23.0 Å². The van der Waals surface area contributed by atoms with Gasteiger partial charge in [0.05, 0.1) is 25.4 Å². The highest BCUT2D eigenvalue weighted by atomic mass is 32.2. The third-order valence-electron chi connectivity index (χ3n) is 5.38. The predicted molar refractivity (Wildman–Crippen MR) is 107 cm³/mol. The zero-order valence-corrected chi connectivity index (χ0v) is 17.5. The average Bonchev–Trinajstić information content (AvgIpc) is 2.96. The van der Waals surface area contributed by atoms with Crippen molar-refractivity contribution in [2.75, 3.05) is 6.61 Å². The van der Waals surface area contributed by atoms with Gasteiger partial charge in [-0.3, -0.25) is 0 Å². The van der Waals surface area contributed by atoms with Crippen molar-refractivity contribution in [1.29, 1.82) is 0 Å². The summed E-state index contributed by atoms with van der Waals surface area (Å²) in [4.78, 5) is 12.4. The third kappa shape index (κ3) is 4.10. The standard InChI is InChI=1S/C20H26N4O4S/c1-20(2)12-24-18(28-13-20)17(11-21-24)29(26,27)23-19(25)22-16-10-6-4-8-14-7-3-5-9-15(14)16/h3,5,7,9,11,16H,4,6,8,10,12-13H2,1-2H3,(H2,22,23,25). The minimum atomic E-state index is -4.10. The lowest BCUT2D eigenvalue weighted by Gasteiger charge is -2.30. The maximum absolute atomic E-state index is 12.8. The molecule has 1 aliphatic carbocycles. The Balaban J connectivity index is 1.50. The Hall–Kier alpha value is -2.55. The second-order valence-corrected chi connectivity index (χ2v) is 10.2. The van der Waals surface area contributed by atoms with E-state index >= 15 is 0 Å². The van der Waals surface area contributed by atoms with Gasteiger partial charge in [0.2, 0.25) is 5.88 Å². The quantitative estimate of drug-likeness (QED) is 0.746. The summed E-state index contributed by atoms with van der Waals surface area (Å²) in [5, 5.41) is 6.95. The predicted octanol–water partition coefficient (Wildman–Crippen LogP) is 2.76. The maximum Gasteiger partial charge on any atom is 0.329 e. The molecule has 0 saturated heterocycles. The minimum Gasteiger partial charge on any atom is -0.476 e. The molecule has 2 aromatic rings. The number of urea groups is 1. The second-order valence-electron chi connectivity index (χ2n) is 8.50. The molecule has 8 nitrogen and oxygen atoms in total. The zero-order valence-electron chi connectivity index (χ0n) is 16.6. The molecule has 29 heavy (non-hydrogen) atoms. The second kappa shape index (κ2) is 7.37. The van der Waals surface area contributed by atoms with Crippen LogP contribution in [0.5, 0.6) is 5.88 Å². The van der Waals surface area contributed by atoms with Crippen molar-refractivity contribution in [2.45, 2.75) is 57.0 Å². The van der Waals surface area contributed by atoms with E-state index in [0.717, 1.165) is 31.2 Å². The van der Waals surface area contributed by atoms with Crippen molar-refractivity contribution in [2.24, 2.45) is 5.41 Å². The topological polar surface area (TPSA) is 102 Å². The smallest absolute Gasteiger partial charge is 0.329 e. The number of amides is 2. The van der Waals surface area contributed by atoms with Crippen LogP contribution in [0.1, 0.15) is 50.3 Å². The number of carbonyl (C=O) groups excluding carboxylic acids is 1. The largest absolute Gasteiger partial charge is 0.476 e. The summed E-state index contributed by atoms with van der Waals surface area (Å²) in [5.41, 5.74) is 2.10. The van der Waals surface area contributed by atoms with Crippen LogP contribution in [0.4, 0.5) is 4.79 Å². The number of carbonyl (C=O) groups is 1. The van der Waals surface area contributed by atoms with Crippen LogP contribution in [0.2, 0.25) is 0 Å². The number of hydrogen-bond donors (Lipinski definition) is 2. The fourth-order valence-electron chi connectivity index (χ4n) is 3.95. The molecular formula is C20H26N4O4S. The molecule has 1 unspecified atom stereocenters. The Morgan fingerprint density at radius 1 is 1.28 bits per heavy atom. The zero-order chi connectivity index (χ0) is 20.6. The average molecular weight is 419 g/mol. The van der Waals surface area contributed by atoms with Gasteiger partial charge in [0.15, 0.2) is 4.90 Å². The third-order valence-corrected chi connectivity index (χ3v) is 6.69. The van der Waals surface area contributed by atoms with Crippen LogP contribution in [0, 0.1) is 5.41 Å². The summed E-state index contributed by atoms with van der Waals surface area (Å²) < 4.78 is 34.9. The first kappa shape index (κ1) is 19.8. The van der Waals surface area contributed by atoms with Gasteiger partial charge in [-0.05, 0) is 30.4 Å². The van der Waals surface area contributed by atoms with E-state index in [4.69, 9.17) is 4.74 Å². The summed E-state index contributed by atoms with van der Waals surface area (Å²) in [7, 11) is -4.10. The van der Waals surface area contributed by atoms with Crippen LogP contribution in [0.3, 0.4) is 0 Å². The summed E-state index contributed by atoms with van der Waals surface area (Å²) in [6.07, 6.45) is 4.97. The Labute approximate surface area is 170 Å². The van der Waals surface area contributed by atoms with E-state index < -0.39 is 16.1 Å². The van der Waals surface area contributed by atoms with Crippen molar-refractivity contribution in [3.8, 4) is 5.88 Å². The molecule has 0 bridgehead atoms. The molecule has 1 aliphatic heterocycles. The van der Waals surface area contributed by atoms with Gasteiger partial charge in [-0.15, -0.1) is 0 Å². The van der Waals surface area contributed by atoms with Gasteiger partial charge in [0.1, 0.15) is 0 Å². The first-order valence-corrected chi connectivity index (χ1v) is 11.3. The van der Waals surface area contributed by atoms with Crippen LogP contribution in [0.15, 0.2) is 35.4 Å². The Bertz CT molecular complexity index is 1030. The van der Waals surface area contributed by atoms with Crippen molar-refractivity contribution >= 4 is 16.1 Å². The lowest BCUT2D eigenvalue weighted by atomic mass is 9.94. The van der Waals surface area contributed by atoms with Crippen molar-refractivity contribution < 1.29 is 17.9 Å². The number of ether oxygens (including phenoxy) is 1. The monoisotopic (exact) mass is 418 g/mol. The van der Waals surface area contributed by atoms with E-state index in [1.165, 1.54) is 16.4 Å². The molecule has 0 fully saturated rings. The molecule has 0 radical (unpaired) electrons. The van der Waals surface area contributed by atoms with E-state index in [-0.39, 0.29) is 22.2 Å². The number of rotatable bonds is 3. The fourth-order valence-corrected chi connectivity index (χ4v) is 4.94. The first-order valence-electron chi connectivity index (χ1n) is 9.85. The Kier molecular flexibility index (Phi) is 5.02. The molecule has 9 heteroatoms. The summed E-state index contributed by atoms with van der Waals surface area (Å²) in [5.74, 6) is 0.171. The van der Waals surface area contributed by atoms with E-state index in [0.29, 0.717) is 13.2 Å². The first-order chi connectivity index (χ1) is 13.8. The molecule has 156 valence electrons. The molecule has 2 amide bonds. The number of aromatic nitrogens is 2. The van der Waals surface area contributed by atoms with E-state index in [2.05, 4.69) is 21.2 Å². The van der Waals surface area contributed by atoms with E-state index in [1.54, 1.807) is 0 Å². The molecule has 2 aliphatic rings. The van der Waals surface area contributed by atoms with Gasteiger partial charge in [-0.1, -0.05) is 44.5 Å². The van der Waals surface area contributed by atoms with Crippen LogP contribution >= 0.6 is 0 Å². The molecule has 0 spiro atoms. The number of fused-ring (bicyclic) bond motifs is 2. The lowest BCUT2D eigenvalue weighted by molar-refractivity contribution is 0.0970. The molecule has 1 aromatic carbocycles. The van der Waals surface area contributed by atoms with Crippen molar-refractivity contribution in [3.63, 3.8) is 0 Å². The van der Waals surface area contributed by atoms with Crippen molar-refractivity contribution in [1.82, 2.24) is 19.8 Å². The summed E-state index contributed by atoms with van der Waals surface area (Å²) in [6.45, 7) is 4.96. The molecule has 4 rings (SSSR count). The van der Waals surface area contributed by atoms with Gasteiger partial charge >= 0.3 is 6.03 Å². The normalized spacial score (nSPS) is 20.6. The number of hydrogen-bond acceptors (Lipinski definition) is 5. The highest BCUT2D eigenvalue weighted by Crippen LogP contribution is 2.33. The number of aryl methyl sites for hydroxylation is 1. The number of nitrogens with zero attached hydrogens (tertiary/aromatic N) is 2. The van der Waals surface area contributed by atoms with Crippen LogP contribution in [-0.4, -0.2) is 30.8 Å². The van der Waals surface area contributed by atoms with Gasteiger partial charge in [0.25, 0.3) is 10.0 Å². The summed E-state index contributed by atoms with van der Waals surface area (Å²) >= 11 is 0. The molecule has 2 heterocycles. The number of nitrogens with one attached hydrogen (secondary N) is 2. The van der Waals surface area contributed by atoms with E-state index in [9.17, 15) is 13.2 Å². The number of benzene rings is 1. The van der Waals surface area contributed by atoms with Crippen LogP contribution in [0.25, 0.3) is 0 Å². The van der Waals surface area contributed by atoms with E-state index in [1.807, 2.05) is 32.0 Å². The molecule has 1 atom stereocenters. The number of sulfonamides is 1. The van der Waals surface area contributed by atoms with Gasteiger partial charge in [0, 0.05) is 5.41 Å². The lowest BCUT2D eigenvalue weighted by Crippen LogP contribution is -2.41. The minimum absolute atomic E-state index is 0.121. The van der Waals surface area contributed by atoms with Crippen LogP contribution < -0.4 is 14.8 Å². The highest BCUT2D eigenvalue weighted by Gasteiger charge is 2.34. The molecular weight excluding hydrogens is 392 g/mol. The van der Waals surface area contributed by atoms with Gasteiger partial charge in [-0.25, -0.2) is 22.6 Å². The van der Waals surface area contributed by atoms with Gasteiger partial charge in [-0.2, -0.15) is 5.10 Å². The molecule has 0 saturated carbocycles. The summed E-state index contributed by atoms with van der Waals surface area (Å²) in [6, 6.07) is 7.00. The Morgan fingerprint density at radius 2 is 2.07 bits per heavy atom. The Morgan fingerprint density at radius 3 is 2.90 bits per heavy atom. The highest BCUT2D eigenvalue weighted by molar-refractivity contribution is 7.90. The SMILES string of the molecule is CC1(C)COc2c(S(=O)(=O)NC(=O)NC3CCCCc4ccccc43)cnn2C1.